The highest BCUT2D eigenvalue weighted by molar-refractivity contribution is 5.85. The highest BCUT2D eigenvalue weighted by atomic mass is 35.5. The molecule has 0 amide bonds. The molecule has 0 radical (unpaired) electrons. The number of fused-ring (bicyclic) bond motifs is 1. The Hall–Kier alpha value is -1.32. The molecule has 3 nitrogen and oxygen atoms in total. The van der Waals surface area contributed by atoms with Crippen LogP contribution in [0, 0.1) is 0 Å². The zero-order valence-electron chi connectivity index (χ0n) is 8.84. The summed E-state index contributed by atoms with van der Waals surface area (Å²) in [4.78, 5) is 6.81. The number of pyridine rings is 1. The summed E-state index contributed by atoms with van der Waals surface area (Å²) in [7, 11) is 0. The number of benzene rings is 1. The van der Waals surface area contributed by atoms with Gasteiger partial charge in [0.1, 0.15) is 5.82 Å². The molecule has 0 saturated carbocycles. The summed E-state index contributed by atoms with van der Waals surface area (Å²) < 4.78 is 0. The average molecular weight is 236 g/mol. The number of hydrogen-bond acceptors (Lipinski definition) is 3. The molecule has 84 valence electrons. The Bertz CT molecular complexity index is 494. The first kappa shape index (κ1) is 11.2. The van der Waals surface area contributed by atoms with E-state index in [9.17, 15) is 0 Å². The number of para-hydroxylation sites is 1. The molecule has 16 heavy (non-hydrogen) atoms. The van der Waals surface area contributed by atoms with Crippen molar-refractivity contribution >= 4 is 29.1 Å². The summed E-state index contributed by atoms with van der Waals surface area (Å²) >= 11 is 0. The van der Waals surface area contributed by atoms with Crippen molar-refractivity contribution < 1.29 is 0 Å². The molecule has 2 N–H and O–H groups in total. The average Bonchev–Trinajstić information content (AvgIpc) is 2.24. The van der Waals surface area contributed by atoms with Gasteiger partial charge in [0.25, 0.3) is 0 Å². The monoisotopic (exact) mass is 235 g/mol. The Morgan fingerprint density at radius 1 is 1.12 bits per heavy atom. The molecule has 1 aromatic carbocycles. The van der Waals surface area contributed by atoms with Crippen molar-refractivity contribution in [1.82, 2.24) is 4.98 Å². The minimum absolute atomic E-state index is 0. The third-order valence-electron chi connectivity index (χ3n) is 2.82. The van der Waals surface area contributed by atoms with E-state index in [0.717, 1.165) is 24.4 Å². The first-order valence-electron chi connectivity index (χ1n) is 5.19. The Morgan fingerprint density at radius 3 is 2.62 bits per heavy atom. The van der Waals surface area contributed by atoms with E-state index in [4.69, 9.17) is 5.73 Å². The highest BCUT2D eigenvalue weighted by Gasteiger charge is 2.23. The Labute approximate surface area is 101 Å². The predicted octanol–water partition coefficient (Wildman–Crippen LogP) is 1.80. The maximum absolute atomic E-state index is 5.75. The van der Waals surface area contributed by atoms with Crippen molar-refractivity contribution in [3.63, 3.8) is 0 Å². The minimum atomic E-state index is 0. The van der Waals surface area contributed by atoms with Crippen LogP contribution >= 0.6 is 12.4 Å². The van der Waals surface area contributed by atoms with Crippen molar-refractivity contribution in [2.45, 2.75) is 6.04 Å². The Kier molecular flexibility index (Phi) is 2.99. The molecule has 1 fully saturated rings. The molecule has 1 aromatic heterocycles. The van der Waals surface area contributed by atoms with E-state index in [1.165, 1.54) is 5.39 Å². The largest absolute Gasteiger partial charge is 0.353 e. The number of nitrogens with two attached hydrogens (primary N) is 1. The molecule has 0 aliphatic carbocycles. The number of nitrogens with zero attached hydrogens (tertiary/aromatic N) is 2. The van der Waals surface area contributed by atoms with E-state index in [2.05, 4.69) is 28.1 Å². The summed E-state index contributed by atoms with van der Waals surface area (Å²) in [6.07, 6.45) is 0. The molecule has 2 aromatic rings. The lowest BCUT2D eigenvalue weighted by atomic mass is 10.1. The lowest BCUT2D eigenvalue weighted by Gasteiger charge is -2.37. The first-order chi connectivity index (χ1) is 7.33. The molecule has 2 heterocycles. The third kappa shape index (κ3) is 1.84. The van der Waals surface area contributed by atoms with E-state index < -0.39 is 0 Å². The number of aromatic nitrogens is 1. The lowest BCUT2D eigenvalue weighted by Crippen LogP contribution is -2.56. The molecule has 0 bridgehead atoms. The van der Waals surface area contributed by atoms with Crippen LogP contribution < -0.4 is 10.6 Å². The van der Waals surface area contributed by atoms with Gasteiger partial charge in [-0.3, -0.25) is 0 Å². The Morgan fingerprint density at radius 2 is 1.88 bits per heavy atom. The molecule has 0 atom stereocenters. The molecule has 3 rings (SSSR count). The van der Waals surface area contributed by atoms with Gasteiger partial charge in [0, 0.05) is 24.5 Å². The Balaban J connectivity index is 0.000000963. The van der Waals surface area contributed by atoms with Crippen LogP contribution in [0.15, 0.2) is 36.4 Å². The second kappa shape index (κ2) is 4.28. The third-order valence-corrected chi connectivity index (χ3v) is 2.82. The van der Waals surface area contributed by atoms with Crippen molar-refractivity contribution in [3.05, 3.63) is 36.4 Å². The van der Waals surface area contributed by atoms with Gasteiger partial charge >= 0.3 is 0 Å². The lowest BCUT2D eigenvalue weighted by molar-refractivity contribution is 0.515. The standard InChI is InChI=1S/C12H13N3.ClH/c13-10-7-15(8-10)12-6-5-9-3-1-2-4-11(9)14-12;/h1-6,10H,7-8,13H2;1H. The van der Waals surface area contributed by atoms with Gasteiger partial charge in [-0.05, 0) is 18.2 Å². The molecule has 0 unspecified atom stereocenters. The molecular weight excluding hydrogens is 222 g/mol. The zero-order valence-corrected chi connectivity index (χ0v) is 9.65. The fourth-order valence-corrected chi connectivity index (χ4v) is 1.93. The van der Waals surface area contributed by atoms with Gasteiger partial charge in [-0.2, -0.15) is 0 Å². The van der Waals surface area contributed by atoms with Crippen LogP contribution in [-0.4, -0.2) is 24.1 Å². The van der Waals surface area contributed by atoms with Crippen LogP contribution in [0.2, 0.25) is 0 Å². The number of rotatable bonds is 1. The van der Waals surface area contributed by atoms with Crippen molar-refractivity contribution in [1.29, 1.82) is 0 Å². The quantitative estimate of drug-likeness (QED) is 0.820. The second-order valence-electron chi connectivity index (χ2n) is 4.03. The van der Waals surface area contributed by atoms with E-state index in [1.54, 1.807) is 0 Å². The fraction of sp³-hybridized carbons (Fsp3) is 0.250. The van der Waals surface area contributed by atoms with Crippen LogP contribution in [-0.2, 0) is 0 Å². The molecule has 1 aliphatic heterocycles. The summed E-state index contributed by atoms with van der Waals surface area (Å²) in [5, 5.41) is 1.19. The van der Waals surface area contributed by atoms with Crippen LogP contribution in [0.3, 0.4) is 0 Å². The van der Waals surface area contributed by atoms with E-state index in [-0.39, 0.29) is 12.4 Å². The maximum Gasteiger partial charge on any atom is 0.129 e. The van der Waals surface area contributed by atoms with Gasteiger partial charge in [0.15, 0.2) is 0 Å². The molecule has 1 saturated heterocycles. The van der Waals surface area contributed by atoms with Gasteiger partial charge in [-0.1, -0.05) is 18.2 Å². The van der Waals surface area contributed by atoms with Crippen molar-refractivity contribution in [2.24, 2.45) is 5.73 Å². The van der Waals surface area contributed by atoms with E-state index in [1.807, 2.05) is 18.2 Å². The van der Waals surface area contributed by atoms with Crippen LogP contribution in [0.4, 0.5) is 5.82 Å². The first-order valence-corrected chi connectivity index (χ1v) is 5.19. The number of anilines is 1. The summed E-state index contributed by atoms with van der Waals surface area (Å²) in [5.41, 5.74) is 6.80. The minimum Gasteiger partial charge on any atom is -0.353 e. The SMILES string of the molecule is Cl.NC1CN(c2ccc3ccccc3n2)C1. The normalized spacial score (nSPS) is 15.7. The molecule has 1 aliphatic rings. The van der Waals surface area contributed by atoms with E-state index in [0.29, 0.717) is 6.04 Å². The molecule has 4 heteroatoms. The smallest absolute Gasteiger partial charge is 0.129 e. The van der Waals surface area contributed by atoms with Gasteiger partial charge in [0.05, 0.1) is 5.52 Å². The van der Waals surface area contributed by atoms with Gasteiger partial charge in [-0.25, -0.2) is 4.98 Å². The van der Waals surface area contributed by atoms with Gasteiger partial charge in [0.2, 0.25) is 0 Å². The van der Waals surface area contributed by atoms with Crippen LogP contribution in [0.5, 0.6) is 0 Å². The maximum atomic E-state index is 5.75. The zero-order chi connectivity index (χ0) is 10.3. The molecular formula is C12H14ClN3. The van der Waals surface area contributed by atoms with Crippen molar-refractivity contribution in [3.8, 4) is 0 Å². The van der Waals surface area contributed by atoms with Crippen LogP contribution in [0.25, 0.3) is 10.9 Å². The van der Waals surface area contributed by atoms with Gasteiger partial charge < -0.3 is 10.6 Å². The topological polar surface area (TPSA) is 42.1 Å². The molecule has 0 spiro atoms. The van der Waals surface area contributed by atoms with Gasteiger partial charge in [-0.15, -0.1) is 12.4 Å². The van der Waals surface area contributed by atoms with E-state index >= 15 is 0 Å². The highest BCUT2D eigenvalue weighted by Crippen LogP contribution is 2.21. The fourth-order valence-electron chi connectivity index (χ4n) is 1.93. The predicted molar refractivity (Wildman–Crippen MR) is 69.2 cm³/mol. The number of halogens is 1. The summed E-state index contributed by atoms with van der Waals surface area (Å²) in [6.45, 7) is 1.84. The number of hydrogen-bond donors (Lipinski definition) is 1. The van der Waals surface area contributed by atoms with Crippen molar-refractivity contribution in [2.75, 3.05) is 18.0 Å². The second-order valence-corrected chi connectivity index (χ2v) is 4.03. The van der Waals surface area contributed by atoms with Crippen LogP contribution in [0.1, 0.15) is 0 Å². The summed E-state index contributed by atoms with van der Waals surface area (Å²) in [5.74, 6) is 1.04. The summed E-state index contributed by atoms with van der Waals surface area (Å²) in [6, 6.07) is 12.7.